The number of piperazine rings is 1. The number of nitrogens with zero attached hydrogens (tertiary/aromatic N) is 1. The third-order valence-electron chi connectivity index (χ3n) is 3.86. The van der Waals surface area contributed by atoms with Crippen molar-refractivity contribution >= 4 is 5.91 Å². The zero-order valence-corrected chi connectivity index (χ0v) is 13.2. The number of aryl methyl sites for hydroxylation is 1. The minimum absolute atomic E-state index is 0.141. The highest BCUT2D eigenvalue weighted by Gasteiger charge is 2.16. The summed E-state index contributed by atoms with van der Waals surface area (Å²) in [5.74, 6) is 0.697. The molecule has 6 heteroatoms. The van der Waals surface area contributed by atoms with Crippen LogP contribution in [-0.2, 0) is 11.2 Å². The van der Waals surface area contributed by atoms with E-state index in [1.807, 2.05) is 4.90 Å². The molecule has 1 N–H and O–H groups in total. The first-order chi connectivity index (χ1) is 10.7. The molecule has 1 aliphatic rings. The van der Waals surface area contributed by atoms with Gasteiger partial charge in [-0.2, -0.15) is 0 Å². The van der Waals surface area contributed by atoms with Crippen LogP contribution in [0.2, 0.25) is 0 Å². The summed E-state index contributed by atoms with van der Waals surface area (Å²) in [7, 11) is 3.00. The van der Waals surface area contributed by atoms with Crippen molar-refractivity contribution in [2.45, 2.75) is 19.3 Å². The summed E-state index contributed by atoms with van der Waals surface area (Å²) >= 11 is 0. The number of nitrogens with one attached hydrogen (secondary N) is 1. The molecule has 1 fully saturated rings. The first-order valence-corrected chi connectivity index (χ1v) is 7.54. The minimum atomic E-state index is -0.327. The molecule has 5 nitrogen and oxygen atoms in total. The van der Waals surface area contributed by atoms with E-state index in [2.05, 4.69) is 5.32 Å². The average molecular weight is 310 g/mol. The summed E-state index contributed by atoms with van der Waals surface area (Å²) in [5, 5.41) is 3.21. The second-order valence-corrected chi connectivity index (χ2v) is 5.28. The van der Waals surface area contributed by atoms with Gasteiger partial charge in [0.1, 0.15) is 5.82 Å². The molecule has 2 rings (SSSR count). The van der Waals surface area contributed by atoms with Crippen LogP contribution in [0.4, 0.5) is 4.39 Å². The number of rotatable bonds is 6. The van der Waals surface area contributed by atoms with Crippen LogP contribution in [0.15, 0.2) is 12.1 Å². The number of amides is 1. The molecule has 1 saturated heterocycles. The third kappa shape index (κ3) is 4.10. The van der Waals surface area contributed by atoms with Crippen LogP contribution in [-0.4, -0.2) is 51.2 Å². The Bertz CT molecular complexity index is 516. The first kappa shape index (κ1) is 16.5. The van der Waals surface area contributed by atoms with Gasteiger partial charge in [-0.15, -0.1) is 0 Å². The van der Waals surface area contributed by atoms with Crippen LogP contribution in [0, 0.1) is 5.82 Å². The topological polar surface area (TPSA) is 50.8 Å². The maximum absolute atomic E-state index is 14.0. The van der Waals surface area contributed by atoms with Gasteiger partial charge in [-0.1, -0.05) is 0 Å². The number of hydrogen-bond donors (Lipinski definition) is 1. The number of carbonyl (C=O) groups excluding carboxylic acids is 1. The Labute approximate surface area is 130 Å². The lowest BCUT2D eigenvalue weighted by Gasteiger charge is -2.27. The van der Waals surface area contributed by atoms with E-state index in [-0.39, 0.29) is 11.7 Å². The number of halogens is 1. The van der Waals surface area contributed by atoms with Crippen molar-refractivity contribution in [3.63, 3.8) is 0 Å². The van der Waals surface area contributed by atoms with Crippen LogP contribution in [0.1, 0.15) is 18.4 Å². The van der Waals surface area contributed by atoms with E-state index in [0.717, 1.165) is 26.2 Å². The van der Waals surface area contributed by atoms with E-state index in [0.29, 0.717) is 36.3 Å². The van der Waals surface area contributed by atoms with Gasteiger partial charge >= 0.3 is 0 Å². The molecule has 0 saturated carbocycles. The third-order valence-corrected chi connectivity index (χ3v) is 3.86. The second kappa shape index (κ2) is 7.98. The monoisotopic (exact) mass is 310 g/mol. The van der Waals surface area contributed by atoms with Gasteiger partial charge in [0, 0.05) is 38.7 Å². The summed E-state index contributed by atoms with van der Waals surface area (Å²) < 4.78 is 24.2. The van der Waals surface area contributed by atoms with E-state index in [4.69, 9.17) is 9.47 Å². The van der Waals surface area contributed by atoms with Crippen molar-refractivity contribution in [1.82, 2.24) is 10.2 Å². The van der Waals surface area contributed by atoms with Gasteiger partial charge < -0.3 is 19.7 Å². The fourth-order valence-corrected chi connectivity index (χ4v) is 2.59. The van der Waals surface area contributed by atoms with Crippen molar-refractivity contribution in [2.75, 3.05) is 40.4 Å². The Morgan fingerprint density at radius 1 is 1.23 bits per heavy atom. The Balaban J connectivity index is 1.89. The molecule has 0 unspecified atom stereocenters. The van der Waals surface area contributed by atoms with Crippen molar-refractivity contribution in [2.24, 2.45) is 0 Å². The molecule has 1 aliphatic heterocycles. The molecular weight excluding hydrogens is 287 g/mol. The van der Waals surface area contributed by atoms with Crippen LogP contribution in [0.3, 0.4) is 0 Å². The first-order valence-electron chi connectivity index (χ1n) is 7.54. The number of methoxy groups -OCH3 is 2. The number of benzene rings is 1. The number of hydrogen-bond acceptors (Lipinski definition) is 4. The highest BCUT2D eigenvalue weighted by Crippen LogP contribution is 2.30. The summed E-state index contributed by atoms with van der Waals surface area (Å²) in [6.45, 7) is 3.19. The normalized spacial score (nSPS) is 14.8. The Kier molecular flexibility index (Phi) is 6.00. The summed E-state index contributed by atoms with van der Waals surface area (Å²) in [6, 6.07) is 2.97. The lowest BCUT2D eigenvalue weighted by atomic mass is 10.1. The molecule has 1 heterocycles. The lowest BCUT2D eigenvalue weighted by Crippen LogP contribution is -2.46. The maximum Gasteiger partial charge on any atom is 0.222 e. The van der Waals surface area contributed by atoms with E-state index >= 15 is 0 Å². The zero-order valence-electron chi connectivity index (χ0n) is 13.2. The minimum Gasteiger partial charge on any atom is -0.493 e. The quantitative estimate of drug-likeness (QED) is 0.867. The maximum atomic E-state index is 14.0. The molecule has 1 amide bonds. The van der Waals surface area contributed by atoms with Crippen molar-refractivity contribution in [3.05, 3.63) is 23.5 Å². The Morgan fingerprint density at radius 3 is 2.50 bits per heavy atom. The predicted molar refractivity (Wildman–Crippen MR) is 81.9 cm³/mol. The van der Waals surface area contributed by atoms with Gasteiger partial charge in [0.2, 0.25) is 5.91 Å². The standard InChI is InChI=1S/C16H23FN2O3/c1-21-14-10-12(13(17)11-15(14)22-2)4-3-5-16(20)19-8-6-18-7-9-19/h10-11,18H,3-9H2,1-2H3. The van der Waals surface area contributed by atoms with Crippen molar-refractivity contribution in [3.8, 4) is 11.5 Å². The molecule has 0 spiro atoms. The summed E-state index contributed by atoms with van der Waals surface area (Å²) in [6.07, 6.45) is 1.56. The fraction of sp³-hybridized carbons (Fsp3) is 0.562. The van der Waals surface area contributed by atoms with E-state index in [1.165, 1.54) is 20.3 Å². The molecule has 0 aliphatic carbocycles. The van der Waals surface area contributed by atoms with E-state index < -0.39 is 0 Å². The highest BCUT2D eigenvalue weighted by molar-refractivity contribution is 5.76. The van der Waals surface area contributed by atoms with Crippen LogP contribution < -0.4 is 14.8 Å². The molecule has 0 aromatic heterocycles. The molecule has 0 bridgehead atoms. The number of ether oxygens (including phenoxy) is 2. The van der Waals surface area contributed by atoms with Crippen molar-refractivity contribution in [1.29, 1.82) is 0 Å². The SMILES string of the molecule is COc1cc(F)c(CCCC(=O)N2CCNCC2)cc1OC. The summed E-state index contributed by atoms with van der Waals surface area (Å²) in [4.78, 5) is 13.9. The van der Waals surface area contributed by atoms with Crippen LogP contribution in [0.5, 0.6) is 11.5 Å². The predicted octanol–water partition coefficient (Wildman–Crippen LogP) is 1.60. The molecule has 1 aromatic carbocycles. The van der Waals surface area contributed by atoms with Crippen LogP contribution >= 0.6 is 0 Å². The molecular formula is C16H23FN2O3. The average Bonchev–Trinajstić information content (AvgIpc) is 2.56. The fourth-order valence-electron chi connectivity index (χ4n) is 2.59. The van der Waals surface area contributed by atoms with Gasteiger partial charge in [0.25, 0.3) is 0 Å². The smallest absolute Gasteiger partial charge is 0.222 e. The highest BCUT2D eigenvalue weighted by atomic mass is 19.1. The number of carbonyl (C=O) groups is 1. The van der Waals surface area contributed by atoms with E-state index in [9.17, 15) is 9.18 Å². The molecule has 0 atom stereocenters. The van der Waals surface area contributed by atoms with Gasteiger partial charge in [-0.25, -0.2) is 4.39 Å². The van der Waals surface area contributed by atoms with E-state index in [1.54, 1.807) is 6.07 Å². The van der Waals surface area contributed by atoms with Gasteiger partial charge in [-0.05, 0) is 24.5 Å². The molecule has 22 heavy (non-hydrogen) atoms. The van der Waals surface area contributed by atoms with Gasteiger partial charge in [-0.3, -0.25) is 4.79 Å². The van der Waals surface area contributed by atoms with Crippen LogP contribution in [0.25, 0.3) is 0 Å². The Hall–Kier alpha value is -1.82. The van der Waals surface area contributed by atoms with Crippen molar-refractivity contribution < 1.29 is 18.7 Å². The molecule has 1 aromatic rings. The lowest BCUT2D eigenvalue weighted by molar-refractivity contribution is -0.131. The largest absolute Gasteiger partial charge is 0.493 e. The Morgan fingerprint density at radius 2 is 1.86 bits per heavy atom. The zero-order chi connectivity index (χ0) is 15.9. The second-order valence-electron chi connectivity index (χ2n) is 5.28. The summed E-state index contributed by atoms with van der Waals surface area (Å²) in [5.41, 5.74) is 0.547. The van der Waals surface area contributed by atoms with Gasteiger partial charge in [0.15, 0.2) is 11.5 Å². The molecule has 122 valence electrons. The van der Waals surface area contributed by atoms with Gasteiger partial charge in [0.05, 0.1) is 14.2 Å². The molecule has 0 radical (unpaired) electrons.